The lowest BCUT2D eigenvalue weighted by molar-refractivity contribution is -0.384. The molecule has 204 valence electrons. The molecule has 41 heavy (non-hydrogen) atoms. The van der Waals surface area contributed by atoms with Gasteiger partial charge >= 0.3 is 0 Å². The van der Waals surface area contributed by atoms with Gasteiger partial charge in [-0.15, -0.1) is 0 Å². The second-order valence-corrected chi connectivity index (χ2v) is 9.28. The van der Waals surface area contributed by atoms with Crippen molar-refractivity contribution in [3.8, 4) is 11.5 Å². The van der Waals surface area contributed by atoms with E-state index in [2.05, 4.69) is 0 Å². The number of amides is 2. The zero-order chi connectivity index (χ0) is 28.9. The maximum absolute atomic E-state index is 13.7. The molecule has 4 aromatic rings. The van der Waals surface area contributed by atoms with Crippen LogP contribution in [0.25, 0.3) is 6.08 Å². The number of carbonyl (C=O) groups excluding carboxylic acids is 2. The monoisotopic (exact) mass is 565 g/mol. The molecule has 0 spiro atoms. The van der Waals surface area contributed by atoms with Crippen molar-refractivity contribution in [2.45, 2.75) is 6.61 Å². The predicted molar refractivity (Wildman–Crippen MR) is 159 cm³/mol. The van der Waals surface area contributed by atoms with Crippen molar-refractivity contribution in [3.63, 3.8) is 0 Å². The van der Waals surface area contributed by atoms with Gasteiger partial charge in [-0.1, -0.05) is 54.6 Å². The van der Waals surface area contributed by atoms with Gasteiger partial charge in [0.1, 0.15) is 12.2 Å². The van der Waals surface area contributed by atoms with Gasteiger partial charge < -0.3 is 9.47 Å². The highest BCUT2D eigenvalue weighted by atomic mass is 32.1. The van der Waals surface area contributed by atoms with Crippen molar-refractivity contribution in [2.24, 2.45) is 0 Å². The molecule has 0 saturated carbocycles. The molecule has 0 aliphatic carbocycles. The van der Waals surface area contributed by atoms with E-state index in [4.69, 9.17) is 21.7 Å². The van der Waals surface area contributed by atoms with Gasteiger partial charge in [0.25, 0.3) is 17.5 Å². The van der Waals surface area contributed by atoms with Crippen molar-refractivity contribution in [2.75, 3.05) is 16.9 Å². The Labute approximate surface area is 241 Å². The van der Waals surface area contributed by atoms with Gasteiger partial charge in [0.05, 0.1) is 23.4 Å². The second kappa shape index (κ2) is 11.8. The molecular weight excluding hydrogens is 542 g/mol. The Morgan fingerprint density at radius 3 is 1.98 bits per heavy atom. The van der Waals surface area contributed by atoms with E-state index in [1.165, 1.54) is 35.1 Å². The average Bonchev–Trinajstić information content (AvgIpc) is 2.99. The van der Waals surface area contributed by atoms with Gasteiger partial charge in [-0.05, 0) is 65.8 Å². The molecule has 0 bridgehead atoms. The van der Waals surface area contributed by atoms with E-state index < -0.39 is 16.7 Å². The molecular formula is C31H23N3O6S. The van der Waals surface area contributed by atoms with E-state index in [-0.39, 0.29) is 23.0 Å². The SMILES string of the molecule is COc1cc(C=C2C(=O)N(c3ccccc3)C(=S)N(c3ccccc3)C2=O)ccc1OCc1cccc([N+](=O)[O-])c1. The number of rotatable bonds is 8. The number of non-ortho nitro benzene ring substituents is 1. The Morgan fingerprint density at radius 2 is 1.41 bits per heavy atom. The van der Waals surface area contributed by atoms with E-state index in [0.717, 1.165) is 0 Å². The predicted octanol–water partition coefficient (Wildman–Crippen LogP) is 5.93. The van der Waals surface area contributed by atoms with Crippen LogP contribution < -0.4 is 19.3 Å². The third kappa shape index (κ3) is 5.68. The van der Waals surface area contributed by atoms with Crippen molar-refractivity contribution in [1.29, 1.82) is 0 Å². The number of anilines is 2. The van der Waals surface area contributed by atoms with Crippen LogP contribution in [0.3, 0.4) is 0 Å². The number of nitro benzene ring substituents is 1. The van der Waals surface area contributed by atoms with Crippen LogP contribution in [0, 0.1) is 10.1 Å². The van der Waals surface area contributed by atoms with Gasteiger partial charge in [0.2, 0.25) is 0 Å². The maximum Gasteiger partial charge on any atom is 0.270 e. The number of nitrogens with zero attached hydrogens (tertiary/aromatic N) is 3. The lowest BCUT2D eigenvalue weighted by Crippen LogP contribution is -2.56. The van der Waals surface area contributed by atoms with Crippen molar-refractivity contribution >= 4 is 52.3 Å². The third-order valence-corrected chi connectivity index (χ3v) is 6.66. The Kier molecular flexibility index (Phi) is 7.84. The first-order valence-corrected chi connectivity index (χ1v) is 12.9. The van der Waals surface area contributed by atoms with E-state index >= 15 is 0 Å². The summed E-state index contributed by atoms with van der Waals surface area (Å²) in [6, 6.07) is 28.9. The van der Waals surface area contributed by atoms with Gasteiger partial charge in [-0.3, -0.25) is 29.5 Å². The Morgan fingerprint density at radius 1 is 0.805 bits per heavy atom. The molecule has 4 aromatic carbocycles. The van der Waals surface area contributed by atoms with Crippen LogP contribution >= 0.6 is 12.2 Å². The summed E-state index contributed by atoms with van der Waals surface area (Å²) in [4.78, 5) is 40.7. The molecule has 5 rings (SSSR count). The highest BCUT2D eigenvalue weighted by Gasteiger charge is 2.41. The molecule has 0 unspecified atom stereocenters. The fraction of sp³-hybridized carbons (Fsp3) is 0.0645. The standard InChI is InChI=1S/C31H23N3O6S/c1-39-28-19-21(15-16-27(28)40-20-22-9-8-14-25(17-22)34(37)38)18-26-29(35)32(23-10-4-2-5-11-23)31(41)33(30(26)36)24-12-6-3-7-13-24/h2-19H,20H2,1H3. The summed E-state index contributed by atoms with van der Waals surface area (Å²) < 4.78 is 11.4. The normalized spacial score (nSPS) is 13.3. The minimum Gasteiger partial charge on any atom is -0.493 e. The second-order valence-electron chi connectivity index (χ2n) is 8.92. The van der Waals surface area contributed by atoms with Crippen molar-refractivity contribution in [1.82, 2.24) is 0 Å². The largest absolute Gasteiger partial charge is 0.493 e. The van der Waals surface area contributed by atoms with E-state index in [0.29, 0.717) is 34.0 Å². The summed E-state index contributed by atoms with van der Waals surface area (Å²) in [7, 11) is 1.47. The molecule has 1 aliphatic rings. The van der Waals surface area contributed by atoms with Crippen molar-refractivity contribution in [3.05, 3.63) is 130 Å². The van der Waals surface area contributed by atoms with Crippen LogP contribution in [0.2, 0.25) is 0 Å². The van der Waals surface area contributed by atoms with E-state index in [1.54, 1.807) is 78.9 Å². The first kappa shape index (κ1) is 27.2. The summed E-state index contributed by atoms with van der Waals surface area (Å²) >= 11 is 5.64. The van der Waals surface area contributed by atoms with Crippen LogP contribution in [0.1, 0.15) is 11.1 Å². The maximum atomic E-state index is 13.7. The van der Waals surface area contributed by atoms with Crippen molar-refractivity contribution < 1.29 is 24.0 Å². The molecule has 2 amide bonds. The number of hydrogen-bond acceptors (Lipinski definition) is 7. The van der Waals surface area contributed by atoms with Crippen LogP contribution in [0.4, 0.5) is 17.1 Å². The first-order valence-electron chi connectivity index (χ1n) is 12.5. The Hall–Kier alpha value is -5.35. The summed E-state index contributed by atoms with van der Waals surface area (Å²) in [6.45, 7) is 0.0744. The van der Waals surface area contributed by atoms with Gasteiger partial charge in [-0.25, -0.2) is 0 Å². The minimum absolute atomic E-state index is 0.0320. The topological polar surface area (TPSA) is 102 Å². The molecule has 1 fully saturated rings. The highest BCUT2D eigenvalue weighted by molar-refractivity contribution is 7.81. The first-order chi connectivity index (χ1) is 19.9. The number of benzene rings is 4. The summed E-state index contributed by atoms with van der Waals surface area (Å²) in [6.07, 6.45) is 1.49. The fourth-order valence-corrected chi connectivity index (χ4v) is 4.70. The third-order valence-electron chi connectivity index (χ3n) is 6.29. The van der Waals surface area contributed by atoms with Crippen LogP contribution in [-0.4, -0.2) is 29.0 Å². The molecule has 9 nitrogen and oxygen atoms in total. The average molecular weight is 566 g/mol. The molecule has 1 saturated heterocycles. The van der Waals surface area contributed by atoms with E-state index in [9.17, 15) is 19.7 Å². The molecule has 1 heterocycles. The molecule has 10 heteroatoms. The smallest absolute Gasteiger partial charge is 0.270 e. The Balaban J connectivity index is 1.48. The van der Waals surface area contributed by atoms with Gasteiger partial charge in [0.15, 0.2) is 16.6 Å². The number of thiocarbonyl (C=S) groups is 1. The lowest BCUT2D eigenvalue weighted by atomic mass is 10.0. The van der Waals surface area contributed by atoms with Crippen LogP contribution in [-0.2, 0) is 16.2 Å². The number of nitro groups is 1. The van der Waals surface area contributed by atoms with Gasteiger partial charge in [0, 0.05) is 12.1 Å². The highest BCUT2D eigenvalue weighted by Crippen LogP contribution is 2.33. The molecule has 0 radical (unpaired) electrons. The van der Waals surface area contributed by atoms with Gasteiger partial charge in [-0.2, -0.15) is 0 Å². The molecule has 0 atom stereocenters. The zero-order valence-corrected chi connectivity index (χ0v) is 22.6. The van der Waals surface area contributed by atoms with E-state index in [1.807, 2.05) is 12.1 Å². The summed E-state index contributed by atoms with van der Waals surface area (Å²) in [5.74, 6) is -0.358. The minimum atomic E-state index is -0.552. The number of hydrogen-bond donors (Lipinski definition) is 0. The fourth-order valence-electron chi connectivity index (χ4n) is 4.32. The Bertz CT molecular complexity index is 1610. The number of carbonyl (C=O) groups is 2. The summed E-state index contributed by atoms with van der Waals surface area (Å²) in [5.41, 5.74) is 2.08. The molecule has 0 N–H and O–H groups in total. The number of para-hydroxylation sites is 2. The zero-order valence-electron chi connectivity index (χ0n) is 21.8. The number of methoxy groups -OCH3 is 1. The van der Waals surface area contributed by atoms with Crippen LogP contribution in [0.5, 0.6) is 11.5 Å². The lowest BCUT2D eigenvalue weighted by Gasteiger charge is -2.36. The molecule has 0 aromatic heterocycles. The summed E-state index contributed by atoms with van der Waals surface area (Å²) in [5, 5.41) is 11.1. The quantitative estimate of drug-likeness (QED) is 0.0858. The molecule has 1 aliphatic heterocycles. The van der Waals surface area contributed by atoms with Crippen LogP contribution in [0.15, 0.2) is 109 Å². The number of ether oxygens (including phenoxy) is 2.